The Morgan fingerprint density at radius 1 is 1.00 bits per heavy atom. The van der Waals surface area contributed by atoms with Crippen molar-refractivity contribution in [3.8, 4) is 0 Å². The number of thiocarbonyl (C=S) groups is 1. The highest BCUT2D eigenvalue weighted by Gasteiger charge is 2.22. The molecule has 27 heavy (non-hydrogen) atoms. The molecular formula is C19H25N3O3S2. The number of ether oxygens (including phenoxy) is 1. The van der Waals surface area contributed by atoms with Crippen molar-refractivity contribution in [3.63, 3.8) is 0 Å². The first kappa shape index (κ1) is 20.1. The highest BCUT2D eigenvalue weighted by atomic mass is 32.2. The fourth-order valence-electron chi connectivity index (χ4n) is 3.17. The van der Waals surface area contributed by atoms with Crippen molar-refractivity contribution in [2.75, 3.05) is 63.1 Å². The zero-order chi connectivity index (χ0) is 19.2. The number of carbonyl (C=O) groups is 2. The molecule has 0 radical (unpaired) electrons. The number of nitrogens with zero attached hydrogens (tertiary/aromatic N) is 3. The van der Waals surface area contributed by atoms with Crippen LogP contribution in [0, 0.1) is 0 Å². The van der Waals surface area contributed by atoms with E-state index in [1.54, 1.807) is 6.92 Å². The molecular weight excluding hydrogens is 382 g/mol. The van der Waals surface area contributed by atoms with Gasteiger partial charge in [-0.1, -0.05) is 24.0 Å². The number of anilines is 1. The lowest BCUT2D eigenvalue weighted by atomic mass is 10.1. The molecule has 0 N–H and O–H groups in total. The third-order valence-electron chi connectivity index (χ3n) is 4.86. The number of hydrogen-bond donors (Lipinski definition) is 0. The van der Waals surface area contributed by atoms with Crippen LogP contribution in [0.5, 0.6) is 0 Å². The summed E-state index contributed by atoms with van der Waals surface area (Å²) in [6.07, 6.45) is 0. The normalized spacial score (nSPS) is 17.7. The summed E-state index contributed by atoms with van der Waals surface area (Å²) in [7, 11) is 0. The molecule has 2 aliphatic heterocycles. The lowest BCUT2D eigenvalue weighted by Gasteiger charge is -2.36. The standard InChI is InChI=1S/C19H25N3O3S2/c1-15(23)16-2-4-17(5-3-16)20-6-8-21(9-7-20)18(24)14-27-19(26)22-10-12-25-13-11-22/h2-5H,6-14H2,1H3. The first-order valence-electron chi connectivity index (χ1n) is 9.18. The zero-order valence-corrected chi connectivity index (χ0v) is 17.2. The number of piperazine rings is 1. The van der Waals surface area contributed by atoms with E-state index < -0.39 is 0 Å². The van der Waals surface area contributed by atoms with Crippen molar-refractivity contribution in [2.24, 2.45) is 0 Å². The Hall–Kier alpha value is -1.64. The van der Waals surface area contributed by atoms with E-state index in [0.717, 1.165) is 41.8 Å². The molecule has 2 saturated heterocycles. The van der Waals surface area contributed by atoms with Gasteiger partial charge in [0.25, 0.3) is 0 Å². The molecule has 0 saturated carbocycles. The van der Waals surface area contributed by atoms with Gasteiger partial charge in [-0.25, -0.2) is 0 Å². The molecule has 2 aliphatic rings. The quantitative estimate of drug-likeness (QED) is 0.558. The van der Waals surface area contributed by atoms with E-state index in [-0.39, 0.29) is 11.7 Å². The minimum Gasteiger partial charge on any atom is -0.378 e. The van der Waals surface area contributed by atoms with Crippen LogP contribution in [0.1, 0.15) is 17.3 Å². The molecule has 3 rings (SSSR count). The third-order valence-corrected chi connectivity index (χ3v) is 6.37. The molecule has 2 fully saturated rings. The minimum atomic E-state index is 0.0736. The maximum atomic E-state index is 12.5. The Labute approximate surface area is 169 Å². The molecule has 0 spiro atoms. The molecule has 8 heteroatoms. The van der Waals surface area contributed by atoms with E-state index in [9.17, 15) is 9.59 Å². The van der Waals surface area contributed by atoms with Crippen LogP contribution in [-0.4, -0.2) is 84.0 Å². The summed E-state index contributed by atoms with van der Waals surface area (Å²) in [5.74, 6) is 0.607. The fraction of sp³-hybridized carbons (Fsp3) is 0.526. The highest BCUT2D eigenvalue weighted by Crippen LogP contribution is 2.19. The summed E-state index contributed by atoms with van der Waals surface area (Å²) in [6.45, 7) is 7.59. The summed E-state index contributed by atoms with van der Waals surface area (Å²) >= 11 is 6.89. The number of hydrogen-bond acceptors (Lipinski definition) is 6. The van der Waals surface area contributed by atoms with E-state index in [1.165, 1.54) is 11.8 Å². The van der Waals surface area contributed by atoms with Gasteiger partial charge in [-0.2, -0.15) is 0 Å². The van der Waals surface area contributed by atoms with Gasteiger partial charge >= 0.3 is 0 Å². The van der Waals surface area contributed by atoms with Gasteiger partial charge < -0.3 is 19.4 Å². The van der Waals surface area contributed by atoms with E-state index in [1.807, 2.05) is 29.2 Å². The van der Waals surface area contributed by atoms with Crippen molar-refractivity contribution in [1.82, 2.24) is 9.80 Å². The van der Waals surface area contributed by atoms with Gasteiger partial charge in [0.05, 0.1) is 19.0 Å². The Balaban J connectivity index is 1.43. The first-order chi connectivity index (χ1) is 13.0. The van der Waals surface area contributed by atoms with E-state index >= 15 is 0 Å². The van der Waals surface area contributed by atoms with Crippen molar-refractivity contribution in [1.29, 1.82) is 0 Å². The van der Waals surface area contributed by atoms with Crippen LogP contribution >= 0.6 is 24.0 Å². The van der Waals surface area contributed by atoms with Gasteiger partial charge in [0.1, 0.15) is 4.32 Å². The molecule has 0 bridgehead atoms. The van der Waals surface area contributed by atoms with Gasteiger partial charge in [-0.05, 0) is 31.2 Å². The van der Waals surface area contributed by atoms with Crippen LogP contribution < -0.4 is 4.90 Å². The van der Waals surface area contributed by atoms with Crippen LogP contribution in [0.3, 0.4) is 0 Å². The summed E-state index contributed by atoms with van der Waals surface area (Å²) in [4.78, 5) is 30.1. The summed E-state index contributed by atoms with van der Waals surface area (Å²) < 4.78 is 6.12. The van der Waals surface area contributed by atoms with Crippen molar-refractivity contribution in [2.45, 2.75) is 6.92 Å². The molecule has 0 aromatic heterocycles. The van der Waals surface area contributed by atoms with Crippen molar-refractivity contribution >= 4 is 45.7 Å². The SMILES string of the molecule is CC(=O)c1ccc(N2CCN(C(=O)CSC(=S)N3CCOCC3)CC2)cc1. The Morgan fingerprint density at radius 2 is 1.63 bits per heavy atom. The second-order valence-electron chi connectivity index (χ2n) is 6.62. The second-order valence-corrected chi connectivity index (χ2v) is 8.23. The predicted octanol–water partition coefficient (Wildman–Crippen LogP) is 1.89. The van der Waals surface area contributed by atoms with E-state index in [2.05, 4.69) is 9.80 Å². The maximum Gasteiger partial charge on any atom is 0.233 e. The molecule has 0 aliphatic carbocycles. The van der Waals surface area contributed by atoms with Crippen LogP contribution in [0.2, 0.25) is 0 Å². The van der Waals surface area contributed by atoms with Gasteiger partial charge in [-0.15, -0.1) is 0 Å². The van der Waals surface area contributed by atoms with E-state index in [4.69, 9.17) is 17.0 Å². The molecule has 1 amide bonds. The van der Waals surface area contributed by atoms with Crippen molar-refractivity contribution in [3.05, 3.63) is 29.8 Å². The lowest BCUT2D eigenvalue weighted by Crippen LogP contribution is -2.49. The van der Waals surface area contributed by atoms with Gasteiger partial charge in [0, 0.05) is 50.5 Å². The zero-order valence-electron chi connectivity index (χ0n) is 15.6. The summed E-state index contributed by atoms with van der Waals surface area (Å²) in [5.41, 5.74) is 1.82. The topological polar surface area (TPSA) is 53.1 Å². The smallest absolute Gasteiger partial charge is 0.233 e. The maximum absolute atomic E-state index is 12.5. The second kappa shape index (κ2) is 9.52. The molecule has 0 atom stereocenters. The number of carbonyl (C=O) groups excluding carboxylic acids is 2. The van der Waals surface area contributed by atoms with E-state index in [0.29, 0.717) is 32.1 Å². The average Bonchev–Trinajstić information content (AvgIpc) is 2.72. The number of benzene rings is 1. The third kappa shape index (κ3) is 5.43. The highest BCUT2D eigenvalue weighted by molar-refractivity contribution is 8.23. The number of amides is 1. The molecule has 6 nitrogen and oxygen atoms in total. The van der Waals surface area contributed by atoms with Crippen molar-refractivity contribution < 1.29 is 14.3 Å². The first-order valence-corrected chi connectivity index (χ1v) is 10.6. The predicted molar refractivity (Wildman–Crippen MR) is 113 cm³/mol. The molecule has 1 aromatic rings. The largest absolute Gasteiger partial charge is 0.378 e. The Morgan fingerprint density at radius 3 is 2.22 bits per heavy atom. The Kier molecular flexibility index (Phi) is 7.09. The summed E-state index contributed by atoms with van der Waals surface area (Å²) in [5, 5.41) is 0. The average molecular weight is 408 g/mol. The van der Waals surface area contributed by atoms with Crippen LogP contribution in [0.4, 0.5) is 5.69 Å². The molecule has 0 unspecified atom stereocenters. The minimum absolute atomic E-state index is 0.0736. The van der Waals surface area contributed by atoms with Gasteiger partial charge in [-0.3, -0.25) is 9.59 Å². The number of rotatable bonds is 4. The molecule has 146 valence electrons. The van der Waals surface area contributed by atoms with Gasteiger partial charge in [0.2, 0.25) is 5.91 Å². The number of Topliss-reactive ketones (excluding diaryl/α,β-unsaturated/α-hetero) is 1. The van der Waals surface area contributed by atoms with Crippen LogP contribution in [-0.2, 0) is 9.53 Å². The van der Waals surface area contributed by atoms with Gasteiger partial charge in [0.15, 0.2) is 5.78 Å². The lowest BCUT2D eigenvalue weighted by molar-refractivity contribution is -0.128. The van der Waals surface area contributed by atoms with Crippen LogP contribution in [0.15, 0.2) is 24.3 Å². The number of morpholine rings is 1. The fourth-order valence-corrected chi connectivity index (χ4v) is 4.33. The molecule has 1 aromatic carbocycles. The molecule has 2 heterocycles. The number of thioether (sulfide) groups is 1. The summed E-state index contributed by atoms with van der Waals surface area (Å²) in [6, 6.07) is 7.67. The number of ketones is 1. The Bertz CT molecular complexity index is 682. The monoisotopic (exact) mass is 407 g/mol. The van der Waals surface area contributed by atoms with Crippen LogP contribution in [0.25, 0.3) is 0 Å².